The van der Waals surface area contributed by atoms with Gasteiger partial charge in [0, 0.05) is 25.2 Å². The maximum absolute atomic E-state index is 12.7. The molecule has 8 heteroatoms. The molecular weight excluding hydrogens is 434 g/mol. The van der Waals surface area contributed by atoms with Crippen LogP contribution in [0, 0.1) is 20.8 Å². The molecule has 2 amide bonds. The number of aryl methyl sites for hydroxylation is 3. The molecule has 3 aromatic rings. The van der Waals surface area contributed by atoms with Gasteiger partial charge in [0.15, 0.2) is 5.16 Å². The molecule has 33 heavy (non-hydrogen) atoms. The number of likely N-dealkylation sites (tertiary alicyclic amines) is 1. The highest BCUT2D eigenvalue weighted by Crippen LogP contribution is 2.25. The molecule has 7 nitrogen and oxygen atoms in total. The first kappa shape index (κ1) is 23.0. The van der Waals surface area contributed by atoms with Gasteiger partial charge in [-0.1, -0.05) is 36.0 Å². The summed E-state index contributed by atoms with van der Waals surface area (Å²) in [5.74, 6) is 1.10. The van der Waals surface area contributed by atoms with Gasteiger partial charge in [0.05, 0.1) is 11.4 Å². The molecule has 0 aliphatic carbocycles. The van der Waals surface area contributed by atoms with Crippen LogP contribution in [0.1, 0.15) is 41.8 Å². The molecular formula is C25H29N5O2S. The van der Waals surface area contributed by atoms with Crippen LogP contribution in [0.2, 0.25) is 0 Å². The van der Waals surface area contributed by atoms with Gasteiger partial charge >= 0.3 is 0 Å². The van der Waals surface area contributed by atoms with Crippen LogP contribution in [0.4, 0.5) is 5.69 Å². The average molecular weight is 464 g/mol. The molecule has 1 aliphatic heterocycles. The molecule has 1 saturated heterocycles. The number of thioether (sulfide) groups is 1. The number of carbonyl (C=O) groups is 2. The summed E-state index contributed by atoms with van der Waals surface area (Å²) in [4.78, 5) is 26.6. The third-order valence-corrected chi connectivity index (χ3v) is 6.67. The first-order valence-corrected chi connectivity index (χ1v) is 12.2. The van der Waals surface area contributed by atoms with Crippen molar-refractivity contribution in [3.05, 3.63) is 65.0 Å². The van der Waals surface area contributed by atoms with E-state index in [9.17, 15) is 9.59 Å². The van der Waals surface area contributed by atoms with E-state index in [0.29, 0.717) is 18.1 Å². The number of nitrogens with zero attached hydrogens (tertiary/aromatic N) is 4. The van der Waals surface area contributed by atoms with E-state index in [1.807, 2.05) is 40.7 Å². The fraction of sp³-hybridized carbons (Fsp3) is 0.360. The standard InChI is InChI=1S/C25H29N5O2S/c1-17-10-11-18(2)22(13-17)30-19(3)27-28-25(30)33-16-23(31)26-21-8-6-7-20(14-21)15-29-12-5-4-9-24(29)32/h6-8,10-11,13-14H,4-5,9,12,15-16H2,1-3H3,(H,26,31). The number of hydrogen-bond acceptors (Lipinski definition) is 5. The number of anilines is 1. The first-order valence-electron chi connectivity index (χ1n) is 11.2. The van der Waals surface area contributed by atoms with Gasteiger partial charge in [0.1, 0.15) is 5.82 Å². The van der Waals surface area contributed by atoms with Crippen molar-refractivity contribution in [3.63, 3.8) is 0 Å². The van der Waals surface area contributed by atoms with E-state index in [-0.39, 0.29) is 17.6 Å². The van der Waals surface area contributed by atoms with Gasteiger partial charge in [-0.25, -0.2) is 0 Å². The number of benzene rings is 2. The van der Waals surface area contributed by atoms with Crippen LogP contribution >= 0.6 is 11.8 Å². The predicted octanol–water partition coefficient (Wildman–Crippen LogP) is 4.44. The predicted molar refractivity (Wildman–Crippen MR) is 131 cm³/mol. The van der Waals surface area contributed by atoms with Crippen molar-refractivity contribution in [1.82, 2.24) is 19.7 Å². The molecule has 172 valence electrons. The summed E-state index contributed by atoms with van der Waals surface area (Å²) in [7, 11) is 0. The molecule has 0 saturated carbocycles. The summed E-state index contributed by atoms with van der Waals surface area (Å²) in [5.41, 5.74) is 5.05. The smallest absolute Gasteiger partial charge is 0.234 e. The Balaban J connectivity index is 1.40. The van der Waals surface area contributed by atoms with Gasteiger partial charge in [0.2, 0.25) is 11.8 Å². The fourth-order valence-electron chi connectivity index (χ4n) is 4.00. The molecule has 1 aliphatic rings. The van der Waals surface area contributed by atoms with Gasteiger partial charge in [0.25, 0.3) is 0 Å². The van der Waals surface area contributed by atoms with E-state index in [1.165, 1.54) is 11.8 Å². The zero-order valence-electron chi connectivity index (χ0n) is 19.3. The summed E-state index contributed by atoms with van der Waals surface area (Å²) in [6, 6.07) is 14.0. The summed E-state index contributed by atoms with van der Waals surface area (Å²) < 4.78 is 2.00. The summed E-state index contributed by atoms with van der Waals surface area (Å²) in [6.45, 7) is 7.40. The number of piperidine rings is 1. The Kier molecular flexibility index (Phi) is 7.13. The highest BCUT2D eigenvalue weighted by Gasteiger charge is 2.18. The van der Waals surface area contributed by atoms with E-state index in [1.54, 1.807) is 0 Å². The van der Waals surface area contributed by atoms with Crippen molar-refractivity contribution >= 4 is 29.3 Å². The molecule has 1 N–H and O–H groups in total. The lowest BCUT2D eigenvalue weighted by atomic mass is 10.1. The second-order valence-electron chi connectivity index (χ2n) is 8.46. The third-order valence-electron chi connectivity index (χ3n) is 5.74. The molecule has 2 heterocycles. The normalized spacial score (nSPS) is 13.9. The van der Waals surface area contributed by atoms with Gasteiger partial charge in [-0.2, -0.15) is 0 Å². The Morgan fingerprint density at radius 1 is 1.09 bits per heavy atom. The summed E-state index contributed by atoms with van der Waals surface area (Å²) >= 11 is 1.36. The van der Waals surface area contributed by atoms with Crippen molar-refractivity contribution in [2.75, 3.05) is 17.6 Å². The van der Waals surface area contributed by atoms with Gasteiger partial charge in [-0.05, 0) is 68.5 Å². The number of aromatic nitrogens is 3. The molecule has 4 rings (SSSR count). The Morgan fingerprint density at radius 2 is 1.94 bits per heavy atom. The molecule has 0 atom stereocenters. The first-order chi connectivity index (χ1) is 15.9. The van der Waals surface area contributed by atoms with Crippen LogP contribution in [0.15, 0.2) is 47.6 Å². The minimum Gasteiger partial charge on any atom is -0.338 e. The molecule has 0 unspecified atom stereocenters. The van der Waals surface area contributed by atoms with Crippen LogP contribution < -0.4 is 5.32 Å². The van der Waals surface area contributed by atoms with Crippen LogP contribution in [0.5, 0.6) is 0 Å². The molecule has 1 fully saturated rings. The third kappa shape index (κ3) is 5.63. The monoisotopic (exact) mass is 463 g/mol. The van der Waals surface area contributed by atoms with E-state index >= 15 is 0 Å². The topological polar surface area (TPSA) is 80.1 Å². The van der Waals surface area contributed by atoms with Gasteiger partial charge < -0.3 is 10.2 Å². The summed E-state index contributed by atoms with van der Waals surface area (Å²) in [5, 5.41) is 12.2. The van der Waals surface area contributed by atoms with Gasteiger partial charge in [-0.3, -0.25) is 14.2 Å². The van der Waals surface area contributed by atoms with Crippen LogP contribution in [-0.2, 0) is 16.1 Å². The minimum atomic E-state index is -0.112. The molecule has 2 aromatic carbocycles. The van der Waals surface area contributed by atoms with Crippen molar-refractivity contribution < 1.29 is 9.59 Å². The van der Waals surface area contributed by atoms with Gasteiger partial charge in [-0.15, -0.1) is 10.2 Å². The number of amides is 2. The summed E-state index contributed by atoms with van der Waals surface area (Å²) in [6.07, 6.45) is 2.64. The number of hydrogen-bond donors (Lipinski definition) is 1. The fourth-order valence-corrected chi connectivity index (χ4v) is 4.79. The zero-order valence-corrected chi connectivity index (χ0v) is 20.1. The van der Waals surface area contributed by atoms with Crippen molar-refractivity contribution in [2.45, 2.75) is 51.7 Å². The molecule has 1 aromatic heterocycles. The number of rotatable bonds is 7. The SMILES string of the molecule is Cc1ccc(C)c(-n2c(C)nnc2SCC(=O)Nc2cccc(CN3CCCCC3=O)c2)c1. The molecule has 0 radical (unpaired) electrons. The van der Waals surface area contributed by atoms with E-state index < -0.39 is 0 Å². The molecule has 0 bridgehead atoms. The second-order valence-corrected chi connectivity index (χ2v) is 9.41. The Hall–Kier alpha value is -3.13. The van der Waals surface area contributed by atoms with Crippen molar-refractivity contribution in [3.8, 4) is 5.69 Å². The lowest BCUT2D eigenvalue weighted by molar-refractivity contribution is -0.133. The maximum Gasteiger partial charge on any atom is 0.234 e. The Morgan fingerprint density at radius 3 is 2.76 bits per heavy atom. The molecule has 0 spiro atoms. The maximum atomic E-state index is 12.7. The van der Waals surface area contributed by atoms with Crippen LogP contribution in [0.25, 0.3) is 5.69 Å². The largest absolute Gasteiger partial charge is 0.338 e. The lowest BCUT2D eigenvalue weighted by Gasteiger charge is -2.26. The van der Waals surface area contributed by atoms with Crippen LogP contribution in [-0.4, -0.2) is 43.8 Å². The van der Waals surface area contributed by atoms with Crippen molar-refractivity contribution in [1.29, 1.82) is 0 Å². The Bertz CT molecular complexity index is 1170. The lowest BCUT2D eigenvalue weighted by Crippen LogP contribution is -2.34. The van der Waals surface area contributed by atoms with Crippen LogP contribution in [0.3, 0.4) is 0 Å². The van der Waals surface area contributed by atoms with E-state index in [0.717, 1.165) is 53.3 Å². The average Bonchev–Trinajstić information content (AvgIpc) is 3.16. The second kappa shape index (κ2) is 10.2. The van der Waals surface area contributed by atoms with Crippen molar-refractivity contribution in [2.24, 2.45) is 0 Å². The highest BCUT2D eigenvalue weighted by molar-refractivity contribution is 7.99. The van der Waals surface area contributed by atoms with E-state index in [2.05, 4.69) is 47.6 Å². The zero-order chi connectivity index (χ0) is 23.4. The van der Waals surface area contributed by atoms with E-state index in [4.69, 9.17) is 0 Å². The quantitative estimate of drug-likeness (QED) is 0.524. The highest BCUT2D eigenvalue weighted by atomic mass is 32.2. The number of carbonyl (C=O) groups excluding carboxylic acids is 2. The minimum absolute atomic E-state index is 0.112. The number of nitrogens with one attached hydrogen (secondary N) is 1. The Labute approximate surface area is 198 Å².